The second kappa shape index (κ2) is 7.58. The van der Waals surface area contributed by atoms with Gasteiger partial charge in [-0.1, -0.05) is 34.4 Å². The number of pyridine rings is 1. The number of aromatic nitrogens is 2. The molecule has 1 aromatic carbocycles. The summed E-state index contributed by atoms with van der Waals surface area (Å²) >= 11 is 12.4. The summed E-state index contributed by atoms with van der Waals surface area (Å²) in [5, 5.41) is 4.66. The molecule has 0 N–H and O–H groups in total. The molecule has 2 aromatic heterocycles. The van der Waals surface area contributed by atoms with E-state index in [1.807, 2.05) is 4.40 Å². The molecule has 0 saturated carbocycles. The number of halogens is 2. The Labute approximate surface area is 170 Å². The predicted molar refractivity (Wildman–Crippen MR) is 109 cm³/mol. The van der Waals surface area contributed by atoms with Crippen molar-refractivity contribution in [2.75, 3.05) is 31.2 Å². The van der Waals surface area contributed by atoms with Gasteiger partial charge in [-0.05, 0) is 23.2 Å². The number of imidazole rings is 1. The Morgan fingerprint density at radius 3 is 2.68 bits per heavy atom. The number of nitrogens with zero attached hydrogens (tertiary/aromatic N) is 7. The first-order valence-electron chi connectivity index (χ1n) is 8.38. The molecule has 1 aliphatic heterocycles. The first-order chi connectivity index (χ1) is 13.6. The fraction of sp³-hybridized carbons (Fsp3) is 0.222. The largest absolute Gasteiger partial charge is 0.378 e. The summed E-state index contributed by atoms with van der Waals surface area (Å²) in [7, 11) is 0. The Morgan fingerprint density at radius 1 is 1.21 bits per heavy atom. The van der Waals surface area contributed by atoms with E-state index in [1.165, 1.54) is 0 Å². The maximum atomic E-state index is 9.06. The maximum Gasteiger partial charge on any atom is 0.209 e. The molecule has 0 amide bonds. The molecule has 0 bridgehead atoms. The summed E-state index contributed by atoms with van der Waals surface area (Å²) in [4.78, 5) is 13.0. The lowest BCUT2D eigenvalue weighted by molar-refractivity contribution is 0.122. The van der Waals surface area contributed by atoms with Gasteiger partial charge in [0.2, 0.25) is 5.69 Å². The van der Waals surface area contributed by atoms with Crippen molar-refractivity contribution in [2.24, 2.45) is 5.11 Å². The molecule has 0 spiro atoms. The highest BCUT2D eigenvalue weighted by atomic mass is 35.5. The Kier molecular flexibility index (Phi) is 4.99. The molecule has 8 nitrogen and oxygen atoms in total. The SMILES string of the molecule is [C-]#[N+]c1c(-c2ccc(Cl)cc2Cl)cn2c(N3CCOCC3)cnc2c1N=[N+]=[N-]. The number of hydrogen-bond donors (Lipinski definition) is 0. The van der Waals surface area contributed by atoms with Crippen LogP contribution in [0.2, 0.25) is 10.0 Å². The van der Waals surface area contributed by atoms with Gasteiger partial charge < -0.3 is 9.64 Å². The van der Waals surface area contributed by atoms with Gasteiger partial charge in [0.05, 0.1) is 31.7 Å². The molecular weight excluding hydrogens is 401 g/mol. The third-order valence-electron chi connectivity index (χ3n) is 4.54. The second-order valence-corrected chi connectivity index (χ2v) is 6.92. The minimum Gasteiger partial charge on any atom is -0.378 e. The minimum absolute atomic E-state index is 0.167. The van der Waals surface area contributed by atoms with Gasteiger partial charge in [0.15, 0.2) is 0 Å². The van der Waals surface area contributed by atoms with E-state index in [0.29, 0.717) is 53.1 Å². The Bertz CT molecular complexity index is 1150. The molecule has 3 heterocycles. The van der Waals surface area contributed by atoms with E-state index in [0.717, 1.165) is 5.82 Å². The number of hydrogen-bond acceptors (Lipinski definition) is 4. The Morgan fingerprint density at radius 2 is 2.00 bits per heavy atom. The molecule has 0 atom stereocenters. The molecule has 0 unspecified atom stereocenters. The predicted octanol–water partition coefficient (Wildman–Crippen LogP) is 5.64. The van der Waals surface area contributed by atoms with Crippen molar-refractivity contribution in [1.82, 2.24) is 9.38 Å². The van der Waals surface area contributed by atoms with Crippen LogP contribution in [0.15, 0.2) is 35.7 Å². The molecular formula is C18H13Cl2N7O. The van der Waals surface area contributed by atoms with Gasteiger partial charge in [0.25, 0.3) is 0 Å². The van der Waals surface area contributed by atoms with Crippen molar-refractivity contribution in [3.63, 3.8) is 0 Å². The van der Waals surface area contributed by atoms with Crippen molar-refractivity contribution in [3.05, 3.63) is 62.5 Å². The van der Waals surface area contributed by atoms with Crippen LogP contribution in [0.5, 0.6) is 0 Å². The van der Waals surface area contributed by atoms with Crippen LogP contribution in [0.4, 0.5) is 17.2 Å². The average Bonchev–Trinajstić information content (AvgIpc) is 3.12. The van der Waals surface area contributed by atoms with Gasteiger partial charge >= 0.3 is 0 Å². The van der Waals surface area contributed by atoms with Crippen LogP contribution in [0.25, 0.3) is 32.1 Å². The van der Waals surface area contributed by atoms with Gasteiger partial charge in [-0.15, -0.1) is 0 Å². The zero-order valence-corrected chi connectivity index (χ0v) is 16.0. The van der Waals surface area contributed by atoms with Crippen molar-refractivity contribution in [3.8, 4) is 11.1 Å². The number of ether oxygens (including phenoxy) is 1. The van der Waals surface area contributed by atoms with Crippen LogP contribution < -0.4 is 4.90 Å². The van der Waals surface area contributed by atoms with Crippen LogP contribution in [-0.2, 0) is 4.74 Å². The highest BCUT2D eigenvalue weighted by molar-refractivity contribution is 6.36. The molecule has 3 aromatic rings. The normalized spacial score (nSPS) is 14.0. The first-order valence-corrected chi connectivity index (χ1v) is 9.14. The second-order valence-electron chi connectivity index (χ2n) is 6.07. The third-order valence-corrected chi connectivity index (χ3v) is 5.09. The van der Waals surface area contributed by atoms with Crippen LogP contribution in [-0.4, -0.2) is 35.7 Å². The van der Waals surface area contributed by atoms with Crippen molar-refractivity contribution < 1.29 is 4.74 Å². The number of azide groups is 1. The summed E-state index contributed by atoms with van der Waals surface area (Å²) in [6.45, 7) is 10.3. The van der Waals surface area contributed by atoms with Gasteiger partial charge in [0, 0.05) is 39.8 Å². The maximum absolute atomic E-state index is 9.06. The fourth-order valence-corrected chi connectivity index (χ4v) is 3.77. The van der Waals surface area contributed by atoms with E-state index in [2.05, 4.69) is 24.8 Å². The number of fused-ring (bicyclic) bond motifs is 1. The van der Waals surface area contributed by atoms with E-state index in [4.69, 9.17) is 40.0 Å². The molecule has 28 heavy (non-hydrogen) atoms. The summed E-state index contributed by atoms with van der Waals surface area (Å²) in [6, 6.07) is 5.05. The number of morpholine rings is 1. The van der Waals surface area contributed by atoms with Crippen LogP contribution in [0.1, 0.15) is 0 Å². The van der Waals surface area contributed by atoms with Gasteiger partial charge in [0.1, 0.15) is 11.5 Å². The first kappa shape index (κ1) is 18.4. The lowest BCUT2D eigenvalue weighted by Gasteiger charge is -2.28. The monoisotopic (exact) mass is 413 g/mol. The number of rotatable bonds is 3. The highest BCUT2D eigenvalue weighted by Gasteiger charge is 2.22. The fourth-order valence-electron chi connectivity index (χ4n) is 3.26. The number of benzene rings is 1. The lowest BCUT2D eigenvalue weighted by atomic mass is 10.0. The highest BCUT2D eigenvalue weighted by Crippen LogP contribution is 2.44. The Balaban J connectivity index is 2.03. The van der Waals surface area contributed by atoms with Crippen LogP contribution >= 0.6 is 23.2 Å². The topological polar surface area (TPSA) is 82.9 Å². The minimum atomic E-state index is 0.167. The molecule has 10 heteroatoms. The van der Waals surface area contributed by atoms with Crippen molar-refractivity contribution in [2.45, 2.75) is 0 Å². The van der Waals surface area contributed by atoms with E-state index in [-0.39, 0.29) is 11.4 Å². The summed E-state index contributed by atoms with van der Waals surface area (Å²) in [6.07, 6.45) is 3.50. The molecule has 140 valence electrons. The zero-order valence-electron chi connectivity index (χ0n) is 14.5. The molecule has 0 radical (unpaired) electrons. The molecule has 0 aliphatic carbocycles. The summed E-state index contributed by atoms with van der Waals surface area (Å²) < 4.78 is 7.24. The quantitative estimate of drug-likeness (QED) is 0.241. The van der Waals surface area contributed by atoms with Crippen molar-refractivity contribution >= 4 is 46.0 Å². The molecule has 1 saturated heterocycles. The van der Waals surface area contributed by atoms with E-state index in [1.54, 1.807) is 30.6 Å². The van der Waals surface area contributed by atoms with E-state index in [9.17, 15) is 0 Å². The zero-order chi connectivity index (χ0) is 19.7. The van der Waals surface area contributed by atoms with Crippen LogP contribution in [0, 0.1) is 6.57 Å². The number of anilines is 1. The summed E-state index contributed by atoms with van der Waals surface area (Å²) in [5.74, 6) is 0.829. The molecule has 1 fully saturated rings. The van der Waals surface area contributed by atoms with E-state index >= 15 is 0 Å². The smallest absolute Gasteiger partial charge is 0.209 e. The van der Waals surface area contributed by atoms with Gasteiger partial charge in [-0.3, -0.25) is 4.40 Å². The van der Waals surface area contributed by atoms with Gasteiger partial charge in [-0.2, -0.15) is 0 Å². The average molecular weight is 414 g/mol. The van der Waals surface area contributed by atoms with Gasteiger partial charge in [-0.25, -0.2) is 9.83 Å². The molecule has 1 aliphatic rings. The summed E-state index contributed by atoms with van der Waals surface area (Å²) in [5.41, 5.74) is 11.0. The Hall–Kier alpha value is -2.95. The van der Waals surface area contributed by atoms with Crippen LogP contribution in [0.3, 0.4) is 0 Å². The van der Waals surface area contributed by atoms with Crippen molar-refractivity contribution in [1.29, 1.82) is 0 Å². The molecule has 4 rings (SSSR count). The van der Waals surface area contributed by atoms with E-state index < -0.39 is 0 Å². The third kappa shape index (κ3) is 3.11. The lowest BCUT2D eigenvalue weighted by Crippen LogP contribution is -2.36. The standard InChI is InChI=1S/C18H13Cl2N7O/c1-22-16-13(12-3-2-11(19)8-14(12)20)10-27-15(26-4-6-28-7-5-26)9-23-18(27)17(16)24-25-21/h2-3,8-10H,4-7H2.